The number of azide groups is 1. The first-order valence-corrected chi connectivity index (χ1v) is 9.70. The lowest BCUT2D eigenvalue weighted by Crippen LogP contribution is -2.10. The molecule has 1 N–H and O–H groups in total. The van der Waals surface area contributed by atoms with E-state index in [1.165, 1.54) is 6.33 Å². The van der Waals surface area contributed by atoms with Gasteiger partial charge in [-0.1, -0.05) is 11.0 Å². The second kappa shape index (κ2) is 12.0. The van der Waals surface area contributed by atoms with Gasteiger partial charge in [0.15, 0.2) is 11.5 Å². The molecule has 2 aromatic carbocycles. The van der Waals surface area contributed by atoms with Crippen molar-refractivity contribution in [2.75, 3.05) is 45.6 Å². The summed E-state index contributed by atoms with van der Waals surface area (Å²) >= 11 is 0. The van der Waals surface area contributed by atoms with E-state index in [9.17, 15) is 0 Å². The lowest BCUT2D eigenvalue weighted by molar-refractivity contribution is 0.102. The van der Waals surface area contributed by atoms with E-state index in [4.69, 9.17) is 30.9 Å². The molecule has 10 heteroatoms. The van der Waals surface area contributed by atoms with Gasteiger partial charge in [0.2, 0.25) is 0 Å². The van der Waals surface area contributed by atoms with Crippen LogP contribution in [0.15, 0.2) is 47.8 Å². The maximum atomic E-state index is 8.27. The Morgan fingerprint density at radius 1 is 1.06 bits per heavy atom. The van der Waals surface area contributed by atoms with Crippen LogP contribution in [-0.2, 0) is 9.47 Å². The fourth-order valence-corrected chi connectivity index (χ4v) is 2.75. The molecule has 0 aliphatic rings. The lowest BCUT2D eigenvalue weighted by atomic mass is 10.2. The van der Waals surface area contributed by atoms with Crippen molar-refractivity contribution < 1.29 is 18.9 Å². The summed E-state index contributed by atoms with van der Waals surface area (Å²) in [5, 5.41) is 7.35. The monoisotopic (exact) mass is 434 g/mol. The Kier molecular flexibility index (Phi) is 8.48. The Labute approximate surface area is 185 Å². The van der Waals surface area contributed by atoms with E-state index in [0.29, 0.717) is 36.0 Å². The average molecular weight is 434 g/mol. The molecule has 3 aromatic rings. The molecule has 0 saturated heterocycles. The van der Waals surface area contributed by atoms with E-state index in [2.05, 4.69) is 31.2 Å². The third-order valence-corrected chi connectivity index (χ3v) is 4.26. The summed E-state index contributed by atoms with van der Waals surface area (Å²) < 4.78 is 21.9. The minimum atomic E-state index is -0.0562. The van der Waals surface area contributed by atoms with Crippen molar-refractivity contribution in [2.45, 2.75) is 0 Å². The first-order valence-electron chi connectivity index (χ1n) is 9.70. The zero-order chi connectivity index (χ0) is 22.6. The summed E-state index contributed by atoms with van der Waals surface area (Å²) in [4.78, 5) is 11.4. The Morgan fingerprint density at radius 3 is 2.53 bits per heavy atom. The van der Waals surface area contributed by atoms with Crippen LogP contribution in [0.1, 0.15) is 5.56 Å². The van der Waals surface area contributed by atoms with Gasteiger partial charge in [0.05, 0.1) is 18.7 Å². The van der Waals surface area contributed by atoms with E-state index in [1.807, 2.05) is 30.3 Å². The Balaban J connectivity index is 1.84. The van der Waals surface area contributed by atoms with Gasteiger partial charge >= 0.3 is 0 Å². The van der Waals surface area contributed by atoms with Gasteiger partial charge in [0.25, 0.3) is 0 Å². The molecular formula is C22H22N6O4. The van der Waals surface area contributed by atoms with Crippen LogP contribution in [0.5, 0.6) is 11.5 Å². The van der Waals surface area contributed by atoms with E-state index < -0.39 is 0 Å². The fraction of sp³-hybridized carbons (Fsp3) is 0.273. The molecule has 0 radical (unpaired) electrons. The van der Waals surface area contributed by atoms with Crippen LogP contribution in [0.2, 0.25) is 0 Å². The molecule has 0 spiro atoms. The van der Waals surface area contributed by atoms with Crippen LogP contribution in [0.4, 0.5) is 11.5 Å². The first-order chi connectivity index (χ1) is 15.7. The number of hydrogen-bond donors (Lipinski definition) is 1. The van der Waals surface area contributed by atoms with Gasteiger partial charge in [-0.2, -0.15) is 0 Å². The topological polar surface area (TPSA) is 123 Å². The second-order valence-corrected chi connectivity index (χ2v) is 6.34. The SMILES string of the molecule is C#Cc1ccc(Nc2ncnc3cc(OCCOCN=[N+]=[N-])c(OCCOC)cc23)cc1. The minimum absolute atomic E-state index is 0.0562. The predicted octanol–water partition coefficient (Wildman–Crippen LogP) is 4.04. The molecule has 0 fully saturated rings. The first kappa shape index (κ1) is 22.7. The van der Waals surface area contributed by atoms with E-state index in [0.717, 1.165) is 16.6 Å². The number of methoxy groups -OCH3 is 1. The van der Waals surface area contributed by atoms with Gasteiger partial charge in [-0.25, -0.2) is 9.97 Å². The van der Waals surface area contributed by atoms with Crippen LogP contribution in [0, 0.1) is 12.3 Å². The molecule has 1 aromatic heterocycles. The van der Waals surface area contributed by atoms with E-state index >= 15 is 0 Å². The number of nitrogens with one attached hydrogen (secondary N) is 1. The number of nitrogens with zero attached hydrogens (tertiary/aromatic N) is 5. The van der Waals surface area contributed by atoms with Crippen molar-refractivity contribution in [3.8, 4) is 23.8 Å². The largest absolute Gasteiger partial charge is 0.487 e. The van der Waals surface area contributed by atoms with Crippen LogP contribution >= 0.6 is 0 Å². The number of terminal acetylenes is 1. The molecule has 0 bridgehead atoms. The average Bonchev–Trinajstić information content (AvgIpc) is 2.82. The van der Waals surface area contributed by atoms with Crippen molar-refractivity contribution in [2.24, 2.45) is 5.11 Å². The van der Waals surface area contributed by atoms with Crippen molar-refractivity contribution in [1.29, 1.82) is 0 Å². The summed E-state index contributed by atoms with van der Waals surface area (Å²) in [6.45, 7) is 1.20. The zero-order valence-corrected chi connectivity index (χ0v) is 17.5. The summed E-state index contributed by atoms with van der Waals surface area (Å²) in [5.41, 5.74) is 10.6. The molecule has 3 rings (SSSR count). The zero-order valence-electron chi connectivity index (χ0n) is 17.5. The van der Waals surface area contributed by atoms with Crippen molar-refractivity contribution in [3.63, 3.8) is 0 Å². The summed E-state index contributed by atoms with van der Waals surface area (Å²) in [7, 11) is 1.60. The van der Waals surface area contributed by atoms with Gasteiger partial charge < -0.3 is 24.3 Å². The van der Waals surface area contributed by atoms with E-state index in [1.54, 1.807) is 13.2 Å². The summed E-state index contributed by atoms with van der Waals surface area (Å²) in [6, 6.07) is 11.1. The number of aromatic nitrogens is 2. The van der Waals surface area contributed by atoms with E-state index in [-0.39, 0.29) is 19.9 Å². The highest BCUT2D eigenvalue weighted by Crippen LogP contribution is 2.35. The van der Waals surface area contributed by atoms with Crippen molar-refractivity contribution in [1.82, 2.24) is 9.97 Å². The van der Waals surface area contributed by atoms with Crippen LogP contribution in [-0.4, -0.2) is 50.2 Å². The second-order valence-electron chi connectivity index (χ2n) is 6.34. The Morgan fingerprint density at radius 2 is 1.81 bits per heavy atom. The third-order valence-electron chi connectivity index (χ3n) is 4.26. The molecule has 0 unspecified atom stereocenters. The lowest BCUT2D eigenvalue weighted by Gasteiger charge is -2.15. The molecule has 0 saturated carbocycles. The molecule has 0 aliphatic carbocycles. The number of anilines is 2. The predicted molar refractivity (Wildman–Crippen MR) is 120 cm³/mol. The van der Waals surface area contributed by atoms with Crippen molar-refractivity contribution in [3.05, 3.63) is 58.7 Å². The smallest absolute Gasteiger partial charge is 0.163 e. The van der Waals surface area contributed by atoms with Crippen LogP contribution in [0.25, 0.3) is 21.3 Å². The highest BCUT2D eigenvalue weighted by molar-refractivity contribution is 5.93. The normalized spacial score (nSPS) is 10.2. The Bertz CT molecular complexity index is 1120. The molecule has 0 aliphatic heterocycles. The van der Waals surface area contributed by atoms with Gasteiger partial charge in [0, 0.05) is 34.7 Å². The summed E-state index contributed by atoms with van der Waals surface area (Å²) in [5.74, 6) is 4.23. The number of rotatable bonds is 12. The number of fused-ring (bicyclic) bond motifs is 1. The van der Waals surface area contributed by atoms with Crippen LogP contribution < -0.4 is 14.8 Å². The maximum Gasteiger partial charge on any atom is 0.163 e. The molecule has 1 heterocycles. The van der Waals surface area contributed by atoms with Gasteiger partial charge in [-0.05, 0) is 35.9 Å². The minimum Gasteiger partial charge on any atom is -0.487 e. The molecular weight excluding hydrogens is 412 g/mol. The van der Waals surface area contributed by atoms with Gasteiger partial charge in [-0.15, -0.1) is 6.42 Å². The highest BCUT2D eigenvalue weighted by atomic mass is 16.6. The van der Waals surface area contributed by atoms with Crippen LogP contribution in [0.3, 0.4) is 0 Å². The fourth-order valence-electron chi connectivity index (χ4n) is 2.75. The quantitative estimate of drug-likeness (QED) is 0.150. The standard InChI is InChI=1S/C22H22N6O4/c1-3-16-4-6-17(7-5-16)27-22-18-12-20(31-10-8-29-2)21(13-19(18)24-14-25-22)32-11-9-30-15-26-28-23/h1,4-7,12-14H,8-11,15H2,2H3,(H,24,25,27). The molecule has 164 valence electrons. The van der Waals surface area contributed by atoms with Gasteiger partial charge in [-0.3, -0.25) is 0 Å². The van der Waals surface area contributed by atoms with Crippen molar-refractivity contribution >= 4 is 22.4 Å². The maximum absolute atomic E-state index is 8.27. The Hall–Kier alpha value is -4.03. The van der Waals surface area contributed by atoms with Gasteiger partial charge in [0.1, 0.15) is 32.1 Å². The number of hydrogen-bond acceptors (Lipinski definition) is 8. The molecule has 0 amide bonds. The third kappa shape index (κ3) is 6.23. The summed E-state index contributed by atoms with van der Waals surface area (Å²) in [6.07, 6.45) is 6.89. The number of ether oxygens (including phenoxy) is 4. The molecule has 10 nitrogen and oxygen atoms in total. The molecule has 32 heavy (non-hydrogen) atoms. The highest BCUT2D eigenvalue weighted by Gasteiger charge is 2.13. The number of benzene rings is 2. The molecule has 0 atom stereocenters.